The number of hydrogen-bond acceptors (Lipinski definition) is 5. The highest BCUT2D eigenvalue weighted by atomic mass is 16.5. The lowest BCUT2D eigenvalue weighted by Gasteiger charge is -2.20. The standard InChI is InChI=1S/C68H131NO5/c1-3-5-7-9-11-13-15-16-17-18-19-20-21-22-25-28-31-34-37-41-44-48-52-56-60-66(71)65(64-70)69-67(72)61-57-53-49-45-42-38-35-32-29-26-23-24-27-30-33-36-39-43-47-51-55-59-63-74-68(73)62-58-54-50-46-40-14-12-10-8-6-4-2/h26,29,56,60,65-66,70-71H,3-25,27-28,30-55,57-59,61-64H2,1-2H3,(H,69,72)/b29-26-,60-56+. The molecule has 0 heterocycles. The molecule has 0 rings (SSSR count). The van der Waals surface area contributed by atoms with E-state index in [1.54, 1.807) is 6.08 Å². The molecule has 0 aliphatic rings. The van der Waals surface area contributed by atoms with Crippen molar-refractivity contribution in [3.63, 3.8) is 0 Å². The van der Waals surface area contributed by atoms with E-state index >= 15 is 0 Å². The van der Waals surface area contributed by atoms with Gasteiger partial charge in [0.25, 0.3) is 0 Å². The van der Waals surface area contributed by atoms with E-state index < -0.39 is 12.1 Å². The van der Waals surface area contributed by atoms with Crippen LogP contribution in [0.3, 0.4) is 0 Å². The number of aliphatic hydroxyl groups excluding tert-OH is 2. The lowest BCUT2D eigenvalue weighted by molar-refractivity contribution is -0.143. The number of hydrogen-bond donors (Lipinski definition) is 3. The van der Waals surface area contributed by atoms with Crippen LogP contribution in [-0.4, -0.2) is 47.4 Å². The molecule has 6 nitrogen and oxygen atoms in total. The van der Waals surface area contributed by atoms with Gasteiger partial charge in [0.1, 0.15) is 0 Å². The Bertz CT molecular complexity index is 1150. The van der Waals surface area contributed by atoms with Gasteiger partial charge in [0.2, 0.25) is 5.91 Å². The fourth-order valence-electron chi connectivity index (χ4n) is 10.6. The number of carbonyl (C=O) groups is 2. The second kappa shape index (κ2) is 63.9. The molecule has 0 aliphatic heterocycles. The molecule has 2 atom stereocenters. The third-order valence-electron chi connectivity index (χ3n) is 15.7. The molecule has 0 radical (unpaired) electrons. The highest BCUT2D eigenvalue weighted by Crippen LogP contribution is 2.18. The lowest BCUT2D eigenvalue weighted by atomic mass is 10.0. The van der Waals surface area contributed by atoms with Crippen molar-refractivity contribution in [2.75, 3.05) is 13.2 Å². The summed E-state index contributed by atoms with van der Waals surface area (Å²) < 4.78 is 5.47. The molecule has 2 unspecified atom stereocenters. The van der Waals surface area contributed by atoms with E-state index in [4.69, 9.17) is 4.74 Å². The van der Waals surface area contributed by atoms with Crippen LogP contribution in [-0.2, 0) is 14.3 Å². The summed E-state index contributed by atoms with van der Waals surface area (Å²) in [5, 5.41) is 23.2. The molecular weight excluding hydrogens is 911 g/mol. The first-order valence-corrected chi connectivity index (χ1v) is 33.6. The van der Waals surface area contributed by atoms with Crippen molar-refractivity contribution in [3.8, 4) is 0 Å². The van der Waals surface area contributed by atoms with E-state index in [1.165, 1.54) is 302 Å². The fourth-order valence-corrected chi connectivity index (χ4v) is 10.6. The van der Waals surface area contributed by atoms with Crippen molar-refractivity contribution in [2.24, 2.45) is 0 Å². The van der Waals surface area contributed by atoms with E-state index in [9.17, 15) is 19.8 Å². The molecule has 0 bridgehead atoms. The average molecular weight is 1040 g/mol. The summed E-state index contributed by atoms with van der Waals surface area (Å²) in [7, 11) is 0. The third-order valence-corrected chi connectivity index (χ3v) is 15.7. The normalized spacial score (nSPS) is 12.6. The average Bonchev–Trinajstić information content (AvgIpc) is 3.40. The Morgan fingerprint density at radius 1 is 0.365 bits per heavy atom. The van der Waals surface area contributed by atoms with E-state index in [0.29, 0.717) is 19.4 Å². The third kappa shape index (κ3) is 59.6. The number of rotatable bonds is 63. The van der Waals surface area contributed by atoms with E-state index in [-0.39, 0.29) is 18.5 Å². The Labute approximate surface area is 462 Å². The number of carbonyl (C=O) groups excluding carboxylic acids is 2. The molecule has 3 N–H and O–H groups in total. The molecule has 0 aromatic heterocycles. The lowest BCUT2D eigenvalue weighted by Crippen LogP contribution is -2.45. The van der Waals surface area contributed by atoms with E-state index in [1.807, 2.05) is 6.08 Å². The van der Waals surface area contributed by atoms with Crippen molar-refractivity contribution in [1.82, 2.24) is 5.32 Å². The Balaban J connectivity index is 3.45. The summed E-state index contributed by atoms with van der Waals surface area (Å²) in [4.78, 5) is 24.5. The Morgan fingerprint density at radius 3 is 0.959 bits per heavy atom. The Kier molecular flexibility index (Phi) is 62.4. The molecular formula is C68H131NO5. The van der Waals surface area contributed by atoms with Crippen molar-refractivity contribution in [1.29, 1.82) is 0 Å². The zero-order chi connectivity index (χ0) is 53.6. The predicted octanol–water partition coefficient (Wildman–Crippen LogP) is 21.4. The van der Waals surface area contributed by atoms with Crippen LogP contribution in [0.25, 0.3) is 0 Å². The van der Waals surface area contributed by atoms with Gasteiger partial charge in [-0.25, -0.2) is 0 Å². The largest absolute Gasteiger partial charge is 0.466 e. The smallest absolute Gasteiger partial charge is 0.305 e. The minimum atomic E-state index is -0.850. The van der Waals surface area contributed by atoms with Crippen LogP contribution < -0.4 is 5.32 Å². The van der Waals surface area contributed by atoms with Crippen LogP contribution in [0, 0.1) is 0 Å². The first kappa shape index (κ1) is 72.3. The molecule has 438 valence electrons. The molecule has 0 saturated carbocycles. The molecule has 0 aromatic rings. The molecule has 0 spiro atoms. The molecule has 0 fully saturated rings. The zero-order valence-corrected chi connectivity index (χ0v) is 50.1. The monoisotopic (exact) mass is 1040 g/mol. The first-order valence-electron chi connectivity index (χ1n) is 33.6. The second-order valence-corrected chi connectivity index (χ2v) is 23.2. The number of aliphatic hydroxyl groups is 2. The maximum absolute atomic E-state index is 12.5. The molecule has 1 amide bonds. The predicted molar refractivity (Wildman–Crippen MR) is 324 cm³/mol. The molecule has 74 heavy (non-hydrogen) atoms. The van der Waals surface area contributed by atoms with Crippen LogP contribution >= 0.6 is 0 Å². The number of amides is 1. The molecule has 0 saturated heterocycles. The minimum Gasteiger partial charge on any atom is -0.466 e. The molecule has 0 aliphatic carbocycles. The minimum absolute atomic E-state index is 0.00971. The summed E-state index contributed by atoms with van der Waals surface area (Å²) in [6.45, 7) is 4.93. The summed E-state index contributed by atoms with van der Waals surface area (Å²) >= 11 is 0. The van der Waals surface area contributed by atoms with Gasteiger partial charge in [-0.05, 0) is 57.8 Å². The highest BCUT2D eigenvalue weighted by Gasteiger charge is 2.18. The van der Waals surface area contributed by atoms with Gasteiger partial charge < -0.3 is 20.3 Å². The SMILES string of the molecule is CCCCCCCCCCCCCCCCCCCCCCCC/C=C/C(O)C(CO)NC(=O)CCCCCCCCC/C=C\CCCCCCCCCCCCCOC(=O)CCCCCCCCCCCCC. The van der Waals surface area contributed by atoms with Gasteiger partial charge in [0.15, 0.2) is 0 Å². The quantitative estimate of drug-likeness (QED) is 0.0320. The fraction of sp³-hybridized carbons (Fsp3) is 0.912. The van der Waals surface area contributed by atoms with Crippen LogP contribution in [0.15, 0.2) is 24.3 Å². The Morgan fingerprint density at radius 2 is 0.635 bits per heavy atom. The van der Waals surface area contributed by atoms with Crippen molar-refractivity contribution in [3.05, 3.63) is 24.3 Å². The van der Waals surface area contributed by atoms with Gasteiger partial charge in [0.05, 0.1) is 25.4 Å². The summed E-state index contributed by atoms with van der Waals surface area (Å²) in [5.41, 5.74) is 0. The molecule has 6 heteroatoms. The maximum Gasteiger partial charge on any atom is 0.305 e. The number of nitrogens with one attached hydrogen (secondary N) is 1. The zero-order valence-electron chi connectivity index (χ0n) is 50.1. The van der Waals surface area contributed by atoms with Gasteiger partial charge in [-0.15, -0.1) is 0 Å². The summed E-state index contributed by atoms with van der Waals surface area (Å²) in [5.74, 6) is -0.0612. The van der Waals surface area contributed by atoms with Gasteiger partial charge in [-0.3, -0.25) is 9.59 Å². The maximum atomic E-state index is 12.5. The van der Waals surface area contributed by atoms with E-state index in [0.717, 1.165) is 44.9 Å². The van der Waals surface area contributed by atoms with Gasteiger partial charge in [0, 0.05) is 12.8 Å². The number of ether oxygens (including phenoxy) is 1. The highest BCUT2D eigenvalue weighted by molar-refractivity contribution is 5.76. The molecule has 0 aromatic carbocycles. The van der Waals surface area contributed by atoms with Gasteiger partial charge in [-0.2, -0.15) is 0 Å². The second-order valence-electron chi connectivity index (χ2n) is 23.2. The van der Waals surface area contributed by atoms with Crippen LogP contribution in [0.4, 0.5) is 0 Å². The van der Waals surface area contributed by atoms with Gasteiger partial charge in [-0.1, -0.05) is 327 Å². The van der Waals surface area contributed by atoms with Crippen molar-refractivity contribution in [2.45, 2.75) is 386 Å². The number of allylic oxidation sites excluding steroid dienone is 3. The topological polar surface area (TPSA) is 95.9 Å². The van der Waals surface area contributed by atoms with Crippen LogP contribution in [0.1, 0.15) is 373 Å². The van der Waals surface area contributed by atoms with Crippen LogP contribution in [0.5, 0.6) is 0 Å². The van der Waals surface area contributed by atoms with Crippen molar-refractivity contribution < 1.29 is 24.5 Å². The first-order chi connectivity index (χ1) is 36.5. The number of esters is 1. The van der Waals surface area contributed by atoms with Crippen molar-refractivity contribution >= 4 is 11.9 Å². The summed E-state index contributed by atoms with van der Waals surface area (Å²) in [6, 6.07) is -0.634. The van der Waals surface area contributed by atoms with Gasteiger partial charge >= 0.3 is 5.97 Å². The summed E-state index contributed by atoms with van der Waals surface area (Å²) in [6.07, 6.45) is 79.5. The van der Waals surface area contributed by atoms with E-state index in [2.05, 4.69) is 31.3 Å². The Hall–Kier alpha value is -1.66. The number of unbranched alkanes of at least 4 members (excludes halogenated alkanes) is 50. The van der Waals surface area contributed by atoms with Crippen LogP contribution in [0.2, 0.25) is 0 Å².